The van der Waals surface area contributed by atoms with Gasteiger partial charge in [0.05, 0.1) is 22.6 Å². The van der Waals surface area contributed by atoms with E-state index in [-0.39, 0.29) is 11.3 Å². The van der Waals surface area contributed by atoms with Crippen molar-refractivity contribution >= 4 is 34.4 Å². The lowest BCUT2D eigenvalue weighted by atomic mass is 9.71. The molecule has 0 radical (unpaired) electrons. The SMILES string of the molecule is O=C1N(Cc2ccc(Cl)nc2)CCCC12CCN(c1cnc3ccccc3n1)CC2. The predicted molar refractivity (Wildman–Crippen MR) is 117 cm³/mol. The van der Waals surface area contributed by atoms with Crippen LogP contribution in [0.2, 0.25) is 5.15 Å². The Kier molecular flexibility index (Phi) is 5.03. The Morgan fingerprint density at radius 3 is 2.50 bits per heavy atom. The molecule has 0 atom stereocenters. The van der Waals surface area contributed by atoms with Crippen molar-refractivity contribution in [3.8, 4) is 0 Å². The van der Waals surface area contributed by atoms with Gasteiger partial charge in [0.2, 0.25) is 5.91 Å². The molecule has 0 aliphatic carbocycles. The van der Waals surface area contributed by atoms with Gasteiger partial charge >= 0.3 is 0 Å². The maximum absolute atomic E-state index is 13.4. The van der Waals surface area contributed by atoms with Crippen molar-refractivity contribution in [3.05, 3.63) is 59.5 Å². The average Bonchev–Trinajstić information content (AvgIpc) is 2.79. The zero-order valence-electron chi connectivity index (χ0n) is 16.8. The Morgan fingerprint density at radius 2 is 1.73 bits per heavy atom. The molecular formula is C23H24ClN5O. The van der Waals surface area contributed by atoms with Gasteiger partial charge in [-0.3, -0.25) is 9.78 Å². The van der Waals surface area contributed by atoms with Crippen LogP contribution < -0.4 is 4.90 Å². The minimum absolute atomic E-state index is 0.251. The van der Waals surface area contributed by atoms with Crippen molar-refractivity contribution in [3.63, 3.8) is 0 Å². The fourth-order valence-corrected chi connectivity index (χ4v) is 4.86. The van der Waals surface area contributed by atoms with Crippen molar-refractivity contribution in [2.75, 3.05) is 24.5 Å². The number of carbonyl (C=O) groups is 1. The van der Waals surface area contributed by atoms with Gasteiger partial charge in [-0.1, -0.05) is 29.8 Å². The zero-order valence-corrected chi connectivity index (χ0v) is 17.6. The Morgan fingerprint density at radius 1 is 0.933 bits per heavy atom. The molecule has 2 fully saturated rings. The van der Waals surface area contributed by atoms with Gasteiger partial charge in [0.1, 0.15) is 11.0 Å². The van der Waals surface area contributed by atoms with Crippen LogP contribution in [0.1, 0.15) is 31.2 Å². The Hall–Kier alpha value is -2.73. The highest BCUT2D eigenvalue weighted by atomic mass is 35.5. The molecule has 4 heterocycles. The molecule has 0 bridgehead atoms. The van der Waals surface area contributed by atoms with Crippen LogP contribution in [0.4, 0.5) is 5.82 Å². The van der Waals surface area contributed by atoms with Crippen molar-refractivity contribution in [2.24, 2.45) is 5.41 Å². The van der Waals surface area contributed by atoms with E-state index >= 15 is 0 Å². The van der Waals surface area contributed by atoms with Crippen molar-refractivity contribution < 1.29 is 4.79 Å². The van der Waals surface area contributed by atoms with Crippen LogP contribution in [0.3, 0.4) is 0 Å². The summed E-state index contributed by atoms with van der Waals surface area (Å²) in [4.78, 5) is 31.2. The third-order valence-corrected chi connectivity index (χ3v) is 6.69. The van der Waals surface area contributed by atoms with Gasteiger partial charge in [-0.25, -0.2) is 9.97 Å². The predicted octanol–water partition coefficient (Wildman–Crippen LogP) is 4.09. The van der Waals surface area contributed by atoms with Gasteiger partial charge in [0.15, 0.2) is 0 Å². The highest BCUT2D eigenvalue weighted by Gasteiger charge is 2.45. The quantitative estimate of drug-likeness (QED) is 0.596. The summed E-state index contributed by atoms with van der Waals surface area (Å²) in [5.41, 5.74) is 2.59. The maximum atomic E-state index is 13.4. The van der Waals surface area contributed by atoms with Gasteiger partial charge < -0.3 is 9.80 Å². The Balaban J connectivity index is 1.28. The van der Waals surface area contributed by atoms with Crippen LogP contribution in [0.15, 0.2) is 48.8 Å². The second-order valence-corrected chi connectivity index (χ2v) is 8.69. The smallest absolute Gasteiger partial charge is 0.229 e. The summed E-state index contributed by atoms with van der Waals surface area (Å²) in [6, 6.07) is 11.7. The standard InChI is InChI=1S/C23H24ClN5O/c24-20-7-6-17(14-26-20)16-29-11-3-8-23(22(29)30)9-12-28(13-10-23)21-15-25-18-4-1-2-5-19(18)27-21/h1-2,4-7,14-15H,3,8-13,16H2. The van der Waals surface area contributed by atoms with E-state index in [2.05, 4.69) is 14.9 Å². The molecule has 2 aliphatic rings. The summed E-state index contributed by atoms with van der Waals surface area (Å²) >= 11 is 5.89. The molecule has 1 amide bonds. The zero-order chi connectivity index (χ0) is 20.6. The number of likely N-dealkylation sites (tertiary alicyclic amines) is 1. The largest absolute Gasteiger partial charge is 0.355 e. The van der Waals surface area contributed by atoms with Gasteiger partial charge in [0, 0.05) is 32.4 Å². The van der Waals surface area contributed by atoms with Crippen LogP contribution in [0, 0.1) is 5.41 Å². The Labute approximate surface area is 180 Å². The van der Waals surface area contributed by atoms with Crippen LogP contribution >= 0.6 is 11.6 Å². The van der Waals surface area contributed by atoms with E-state index in [1.165, 1.54) is 0 Å². The molecule has 154 valence electrons. The van der Waals surface area contributed by atoms with E-state index in [0.29, 0.717) is 11.7 Å². The number of anilines is 1. The van der Waals surface area contributed by atoms with E-state index in [1.54, 1.807) is 12.3 Å². The van der Waals surface area contributed by atoms with E-state index in [9.17, 15) is 4.79 Å². The normalized spacial score (nSPS) is 18.9. The highest BCUT2D eigenvalue weighted by molar-refractivity contribution is 6.29. The molecule has 5 rings (SSSR count). The minimum Gasteiger partial charge on any atom is -0.355 e. The number of piperidine rings is 2. The van der Waals surface area contributed by atoms with E-state index in [4.69, 9.17) is 16.6 Å². The molecule has 0 saturated carbocycles. The van der Waals surface area contributed by atoms with Crippen LogP contribution in [-0.4, -0.2) is 45.4 Å². The second-order valence-electron chi connectivity index (χ2n) is 8.30. The van der Waals surface area contributed by atoms with E-state index in [1.807, 2.05) is 41.4 Å². The number of pyridine rings is 1. The van der Waals surface area contributed by atoms with Gasteiger partial charge in [-0.15, -0.1) is 0 Å². The number of benzene rings is 1. The lowest BCUT2D eigenvalue weighted by Crippen LogP contribution is -2.53. The molecule has 0 N–H and O–H groups in total. The summed E-state index contributed by atoms with van der Waals surface area (Å²) in [5.74, 6) is 1.18. The number of hydrogen-bond donors (Lipinski definition) is 0. The molecule has 1 aromatic carbocycles. The molecule has 2 aromatic heterocycles. The van der Waals surface area contributed by atoms with Gasteiger partial charge in [-0.2, -0.15) is 0 Å². The molecule has 3 aromatic rings. The monoisotopic (exact) mass is 421 g/mol. The first-order valence-corrected chi connectivity index (χ1v) is 10.9. The molecule has 0 unspecified atom stereocenters. The molecule has 7 heteroatoms. The van der Waals surface area contributed by atoms with Crippen molar-refractivity contribution in [1.82, 2.24) is 19.9 Å². The number of hydrogen-bond acceptors (Lipinski definition) is 5. The van der Waals surface area contributed by atoms with Crippen LogP contribution in [-0.2, 0) is 11.3 Å². The summed E-state index contributed by atoms with van der Waals surface area (Å²) in [6.45, 7) is 3.07. The summed E-state index contributed by atoms with van der Waals surface area (Å²) in [7, 11) is 0. The number of nitrogens with zero attached hydrogens (tertiary/aromatic N) is 5. The summed E-state index contributed by atoms with van der Waals surface area (Å²) in [5, 5.41) is 0.476. The molecular weight excluding hydrogens is 398 g/mol. The number of aromatic nitrogens is 3. The lowest BCUT2D eigenvalue weighted by Gasteiger charge is -2.46. The average molecular weight is 422 g/mol. The first kappa shape index (κ1) is 19.2. The molecule has 6 nitrogen and oxygen atoms in total. The third kappa shape index (κ3) is 3.60. The molecule has 2 saturated heterocycles. The third-order valence-electron chi connectivity index (χ3n) is 6.47. The van der Waals surface area contributed by atoms with Gasteiger partial charge in [-0.05, 0) is 49.4 Å². The molecule has 30 heavy (non-hydrogen) atoms. The fourth-order valence-electron chi connectivity index (χ4n) is 4.75. The number of amides is 1. The number of para-hydroxylation sites is 2. The number of rotatable bonds is 3. The van der Waals surface area contributed by atoms with Gasteiger partial charge in [0.25, 0.3) is 0 Å². The first-order valence-electron chi connectivity index (χ1n) is 10.5. The highest BCUT2D eigenvalue weighted by Crippen LogP contribution is 2.42. The topological polar surface area (TPSA) is 62.2 Å². The fraction of sp³-hybridized carbons (Fsp3) is 0.391. The Bertz CT molecular complexity index is 1060. The first-order chi connectivity index (χ1) is 14.6. The minimum atomic E-state index is -0.251. The summed E-state index contributed by atoms with van der Waals surface area (Å²) in [6.07, 6.45) is 7.34. The molecule has 2 aliphatic heterocycles. The number of halogens is 1. The van der Waals surface area contributed by atoms with E-state index < -0.39 is 0 Å². The second kappa shape index (κ2) is 7.84. The van der Waals surface area contributed by atoms with Crippen molar-refractivity contribution in [2.45, 2.75) is 32.2 Å². The van der Waals surface area contributed by atoms with Crippen LogP contribution in [0.25, 0.3) is 11.0 Å². The number of carbonyl (C=O) groups excluding carboxylic acids is 1. The van der Waals surface area contributed by atoms with E-state index in [0.717, 1.165) is 67.7 Å². The van der Waals surface area contributed by atoms with Crippen LogP contribution in [0.5, 0.6) is 0 Å². The maximum Gasteiger partial charge on any atom is 0.229 e. The lowest BCUT2D eigenvalue weighted by molar-refractivity contribution is -0.148. The van der Waals surface area contributed by atoms with Crippen molar-refractivity contribution in [1.29, 1.82) is 0 Å². The number of fused-ring (bicyclic) bond motifs is 1. The summed E-state index contributed by atoms with van der Waals surface area (Å²) < 4.78 is 0. The molecule has 1 spiro atoms.